The Morgan fingerprint density at radius 1 is 0.585 bits per heavy atom. The molecule has 1 aliphatic heterocycles. The maximum Gasteiger partial charge on any atom is 0.0886 e. The van der Waals surface area contributed by atoms with Crippen LogP contribution in [0.15, 0.2) is 134 Å². The average molecular weight is 527 g/mol. The molecule has 0 fully saturated rings. The maximum absolute atomic E-state index is 4.75. The van der Waals surface area contributed by atoms with Crippen molar-refractivity contribution in [3.8, 4) is 39.3 Å². The molecule has 41 heavy (non-hydrogen) atoms. The van der Waals surface area contributed by atoms with Gasteiger partial charge in [-0.3, -0.25) is 9.97 Å². The zero-order valence-corrected chi connectivity index (χ0v) is 22.3. The van der Waals surface area contributed by atoms with Crippen LogP contribution in [-0.4, -0.2) is 21.1 Å². The Morgan fingerprint density at radius 3 is 2.00 bits per heavy atom. The molecule has 0 spiro atoms. The van der Waals surface area contributed by atoms with E-state index in [0.29, 0.717) is 0 Å². The lowest BCUT2D eigenvalue weighted by Gasteiger charge is -2.13. The number of hydrogen-bond acceptors (Lipinski definition) is 3. The van der Waals surface area contributed by atoms with Crippen LogP contribution in [-0.2, 0) is 0 Å². The number of para-hydroxylation sites is 1. The summed E-state index contributed by atoms with van der Waals surface area (Å²) in [7, 11) is 0. The molecule has 3 aromatic heterocycles. The average Bonchev–Trinajstić information content (AvgIpc) is 3.39. The first-order valence-corrected chi connectivity index (χ1v) is 13.9. The van der Waals surface area contributed by atoms with Crippen LogP contribution in [0.1, 0.15) is 5.69 Å². The number of aromatic nitrogens is 3. The van der Waals surface area contributed by atoms with Crippen molar-refractivity contribution >= 4 is 33.4 Å². The quantitative estimate of drug-likeness (QED) is 0.249. The van der Waals surface area contributed by atoms with Crippen LogP contribution in [0.4, 0.5) is 5.69 Å². The third-order valence-electron chi connectivity index (χ3n) is 7.91. The summed E-state index contributed by atoms with van der Waals surface area (Å²) in [5.41, 5.74) is 10.9. The van der Waals surface area contributed by atoms with Crippen LogP contribution in [0.3, 0.4) is 0 Å². The number of benzene rings is 4. The molecule has 0 saturated carbocycles. The molecular formula is C37H26N4. The molecule has 1 N–H and O–H groups in total. The lowest BCUT2D eigenvalue weighted by molar-refractivity contribution is 1.10. The SMILES string of the molecule is C1=Cc2c(c3ccccc3n2-c2ccc(-c3ccc(-c4ccc(-c5ccc6ccccc6c5)cn4)nc3)cc2)NC1. The fourth-order valence-corrected chi connectivity index (χ4v) is 5.82. The van der Waals surface area contributed by atoms with Gasteiger partial charge in [-0.2, -0.15) is 0 Å². The van der Waals surface area contributed by atoms with Crippen molar-refractivity contribution in [3.05, 3.63) is 139 Å². The first-order valence-electron chi connectivity index (χ1n) is 13.9. The Labute approximate surface area is 238 Å². The van der Waals surface area contributed by atoms with Gasteiger partial charge in [0.15, 0.2) is 0 Å². The van der Waals surface area contributed by atoms with E-state index in [1.807, 2.05) is 24.5 Å². The van der Waals surface area contributed by atoms with Gasteiger partial charge in [0, 0.05) is 41.1 Å². The third kappa shape index (κ3) is 4.09. The molecule has 0 unspecified atom stereocenters. The molecule has 4 heterocycles. The summed E-state index contributed by atoms with van der Waals surface area (Å²) < 4.78 is 2.33. The van der Waals surface area contributed by atoms with Gasteiger partial charge >= 0.3 is 0 Å². The molecular weight excluding hydrogens is 500 g/mol. The first kappa shape index (κ1) is 23.4. The van der Waals surface area contributed by atoms with Crippen molar-refractivity contribution in [2.75, 3.05) is 11.9 Å². The van der Waals surface area contributed by atoms with E-state index in [-0.39, 0.29) is 0 Å². The number of nitrogens with zero attached hydrogens (tertiary/aromatic N) is 3. The summed E-state index contributed by atoms with van der Waals surface area (Å²) in [5, 5.41) is 7.27. The molecule has 1 aliphatic rings. The molecule has 0 saturated heterocycles. The minimum absolute atomic E-state index is 0.854. The fraction of sp³-hybridized carbons (Fsp3) is 0.0270. The van der Waals surface area contributed by atoms with Crippen molar-refractivity contribution in [3.63, 3.8) is 0 Å². The number of nitrogens with one attached hydrogen (secondary N) is 1. The number of fused-ring (bicyclic) bond motifs is 4. The highest BCUT2D eigenvalue weighted by Crippen LogP contribution is 2.36. The Balaban J connectivity index is 1.05. The van der Waals surface area contributed by atoms with Crippen molar-refractivity contribution in [1.29, 1.82) is 0 Å². The van der Waals surface area contributed by atoms with Crippen molar-refractivity contribution in [2.24, 2.45) is 0 Å². The third-order valence-corrected chi connectivity index (χ3v) is 7.91. The predicted octanol–water partition coefficient (Wildman–Crippen LogP) is 9.01. The van der Waals surface area contributed by atoms with E-state index in [2.05, 4.69) is 125 Å². The van der Waals surface area contributed by atoms with Crippen LogP contribution >= 0.6 is 0 Å². The van der Waals surface area contributed by atoms with Crippen LogP contribution in [0.5, 0.6) is 0 Å². The number of anilines is 1. The molecule has 4 heteroatoms. The van der Waals surface area contributed by atoms with Gasteiger partial charge in [-0.05, 0) is 64.4 Å². The van der Waals surface area contributed by atoms with Crippen LogP contribution in [0.25, 0.3) is 67.1 Å². The Bertz CT molecular complexity index is 2070. The van der Waals surface area contributed by atoms with Crippen molar-refractivity contribution < 1.29 is 0 Å². The second kappa shape index (κ2) is 9.61. The lowest BCUT2D eigenvalue weighted by atomic mass is 10.0. The lowest BCUT2D eigenvalue weighted by Crippen LogP contribution is -2.05. The van der Waals surface area contributed by atoms with E-state index in [9.17, 15) is 0 Å². The molecule has 194 valence electrons. The highest BCUT2D eigenvalue weighted by molar-refractivity contribution is 6.00. The van der Waals surface area contributed by atoms with Gasteiger partial charge in [-0.15, -0.1) is 0 Å². The Hall–Kier alpha value is -5.48. The van der Waals surface area contributed by atoms with Crippen LogP contribution in [0, 0.1) is 0 Å². The van der Waals surface area contributed by atoms with Crippen LogP contribution < -0.4 is 5.32 Å². The summed E-state index contributed by atoms with van der Waals surface area (Å²) in [6, 6.07) is 40.6. The second-order valence-electron chi connectivity index (χ2n) is 10.4. The molecule has 0 aliphatic carbocycles. The molecule has 4 aromatic carbocycles. The number of pyridine rings is 2. The summed E-state index contributed by atoms with van der Waals surface area (Å²) in [4.78, 5) is 9.49. The van der Waals surface area contributed by atoms with E-state index >= 15 is 0 Å². The van der Waals surface area contributed by atoms with Crippen molar-refractivity contribution in [2.45, 2.75) is 0 Å². The van der Waals surface area contributed by atoms with E-state index in [1.165, 1.54) is 33.1 Å². The van der Waals surface area contributed by atoms with Gasteiger partial charge in [0.05, 0.1) is 28.3 Å². The van der Waals surface area contributed by atoms with Gasteiger partial charge in [-0.1, -0.05) is 84.9 Å². The maximum atomic E-state index is 4.75. The molecule has 0 atom stereocenters. The van der Waals surface area contributed by atoms with E-state index < -0.39 is 0 Å². The molecule has 0 amide bonds. The second-order valence-corrected chi connectivity index (χ2v) is 10.4. The van der Waals surface area contributed by atoms with E-state index in [4.69, 9.17) is 9.97 Å². The Morgan fingerprint density at radius 2 is 1.24 bits per heavy atom. The highest BCUT2D eigenvalue weighted by Gasteiger charge is 2.18. The van der Waals surface area contributed by atoms with Crippen LogP contribution in [0.2, 0.25) is 0 Å². The van der Waals surface area contributed by atoms with Gasteiger partial charge < -0.3 is 9.88 Å². The standard InChI is InChI=1S/C37H26N4/c1-2-7-27-22-28(12-11-25(27)6-1)30-16-20-34(40-24-30)33-19-15-29(23-39-33)26-13-17-31(18-14-26)41-35-9-4-3-8-32(35)37-36(41)10-5-21-38-37/h1-20,22-24,38H,21H2. The number of hydrogen-bond donors (Lipinski definition) is 1. The number of rotatable bonds is 4. The summed E-state index contributed by atoms with van der Waals surface area (Å²) in [6.45, 7) is 0.854. The smallest absolute Gasteiger partial charge is 0.0886 e. The summed E-state index contributed by atoms with van der Waals surface area (Å²) in [6.07, 6.45) is 8.25. The summed E-state index contributed by atoms with van der Waals surface area (Å²) in [5.74, 6) is 0. The van der Waals surface area contributed by atoms with Gasteiger partial charge in [-0.25, -0.2) is 0 Å². The van der Waals surface area contributed by atoms with Gasteiger partial charge in [0.1, 0.15) is 0 Å². The normalized spacial score (nSPS) is 12.4. The topological polar surface area (TPSA) is 42.7 Å². The first-order chi connectivity index (χ1) is 20.3. The molecule has 4 nitrogen and oxygen atoms in total. The minimum Gasteiger partial charge on any atom is -0.379 e. The molecule has 8 rings (SSSR count). The van der Waals surface area contributed by atoms with E-state index in [1.54, 1.807) is 0 Å². The molecule has 7 aromatic rings. The van der Waals surface area contributed by atoms with Gasteiger partial charge in [0.25, 0.3) is 0 Å². The monoisotopic (exact) mass is 526 g/mol. The summed E-state index contributed by atoms with van der Waals surface area (Å²) >= 11 is 0. The molecule has 0 radical (unpaired) electrons. The molecule has 0 bridgehead atoms. The predicted molar refractivity (Wildman–Crippen MR) is 170 cm³/mol. The van der Waals surface area contributed by atoms with Crippen molar-refractivity contribution in [1.82, 2.24) is 14.5 Å². The Kier molecular flexibility index (Phi) is 5.49. The highest BCUT2D eigenvalue weighted by atomic mass is 15.0. The zero-order chi connectivity index (χ0) is 27.2. The van der Waals surface area contributed by atoms with Gasteiger partial charge in [0.2, 0.25) is 0 Å². The largest absolute Gasteiger partial charge is 0.379 e. The zero-order valence-electron chi connectivity index (χ0n) is 22.3. The van der Waals surface area contributed by atoms with E-state index in [0.717, 1.165) is 45.9 Å². The fourth-order valence-electron chi connectivity index (χ4n) is 5.82. The minimum atomic E-state index is 0.854.